The third kappa shape index (κ3) is 11.2. The summed E-state index contributed by atoms with van der Waals surface area (Å²) in [6, 6.07) is 8.61. The van der Waals surface area contributed by atoms with E-state index < -0.39 is 0 Å². The molecule has 2 rings (SSSR count). The predicted octanol–water partition coefficient (Wildman–Crippen LogP) is 3.25. The highest BCUT2D eigenvalue weighted by Gasteiger charge is 2.12. The van der Waals surface area contributed by atoms with Crippen LogP contribution in [0.5, 0.6) is 0 Å². The molecule has 0 aromatic heterocycles. The van der Waals surface area contributed by atoms with Crippen molar-refractivity contribution < 1.29 is 9.47 Å². The Bertz CT molecular complexity index is 578. The number of benzene rings is 1. The maximum Gasteiger partial charge on any atom is 0.191 e. The normalized spacial score (nSPS) is 15.2. The van der Waals surface area contributed by atoms with E-state index in [1.807, 2.05) is 0 Å². The van der Waals surface area contributed by atoms with Gasteiger partial charge in [0.25, 0.3) is 0 Å². The van der Waals surface area contributed by atoms with Gasteiger partial charge >= 0.3 is 0 Å². The fraction of sp³-hybridized carbons (Fsp3) is 0.682. The molecule has 1 aliphatic rings. The summed E-state index contributed by atoms with van der Waals surface area (Å²) in [5.74, 6) is 1.46. The summed E-state index contributed by atoms with van der Waals surface area (Å²) in [7, 11) is 0. The van der Waals surface area contributed by atoms with E-state index in [0.717, 1.165) is 71.5 Å². The van der Waals surface area contributed by atoms with Crippen molar-refractivity contribution >= 4 is 29.9 Å². The molecule has 0 amide bonds. The van der Waals surface area contributed by atoms with Gasteiger partial charge in [0.15, 0.2) is 5.96 Å². The van der Waals surface area contributed by atoms with E-state index in [4.69, 9.17) is 14.5 Å². The van der Waals surface area contributed by atoms with Gasteiger partial charge in [0.2, 0.25) is 0 Å². The predicted molar refractivity (Wildman–Crippen MR) is 131 cm³/mol. The third-order valence-corrected chi connectivity index (χ3v) is 4.58. The van der Waals surface area contributed by atoms with Crippen molar-refractivity contribution in [2.45, 2.75) is 40.3 Å². The molecule has 0 aliphatic carbocycles. The molecular formula is C22H39IN4O2. The first-order valence-electron chi connectivity index (χ1n) is 10.7. The second-order valence-corrected chi connectivity index (χ2v) is 7.60. The molecular weight excluding hydrogens is 479 g/mol. The number of morpholine rings is 1. The lowest BCUT2D eigenvalue weighted by molar-refractivity contribution is 0.0341. The van der Waals surface area contributed by atoms with E-state index in [1.54, 1.807) is 0 Å². The standard InChI is InChI=1S/C22H38N4O2.HI/c1-4-23-22(24-10-7-13-28-18-19(2)3)25-16-20-8-5-6-9-21(20)17-26-11-14-27-15-12-26;/h5-6,8-9,19H,4,7,10-18H2,1-3H3,(H2,23,24,25);1H. The molecule has 0 unspecified atom stereocenters. The van der Waals surface area contributed by atoms with Crippen LogP contribution in [0, 0.1) is 5.92 Å². The van der Waals surface area contributed by atoms with Crippen LogP contribution >= 0.6 is 24.0 Å². The molecule has 1 aromatic carbocycles. The Labute approximate surface area is 193 Å². The highest BCUT2D eigenvalue weighted by molar-refractivity contribution is 14.0. The first-order chi connectivity index (χ1) is 13.7. The average molecular weight is 518 g/mol. The zero-order valence-electron chi connectivity index (χ0n) is 18.3. The number of guanidine groups is 1. The van der Waals surface area contributed by atoms with Crippen LogP contribution < -0.4 is 10.6 Å². The zero-order valence-corrected chi connectivity index (χ0v) is 20.6. The van der Waals surface area contributed by atoms with Crippen molar-refractivity contribution in [1.82, 2.24) is 15.5 Å². The number of rotatable bonds is 11. The maximum absolute atomic E-state index is 5.64. The smallest absolute Gasteiger partial charge is 0.191 e. The lowest BCUT2D eigenvalue weighted by Gasteiger charge is -2.27. The molecule has 0 bridgehead atoms. The van der Waals surface area contributed by atoms with Crippen molar-refractivity contribution in [3.63, 3.8) is 0 Å². The molecule has 0 saturated carbocycles. The van der Waals surface area contributed by atoms with E-state index in [2.05, 4.69) is 60.6 Å². The Morgan fingerprint density at radius 3 is 2.59 bits per heavy atom. The van der Waals surface area contributed by atoms with E-state index in [9.17, 15) is 0 Å². The number of nitrogens with one attached hydrogen (secondary N) is 2. The van der Waals surface area contributed by atoms with Crippen LogP contribution in [0.3, 0.4) is 0 Å². The van der Waals surface area contributed by atoms with E-state index in [-0.39, 0.29) is 24.0 Å². The SMILES string of the molecule is CCNC(=NCc1ccccc1CN1CCOCC1)NCCCOCC(C)C.I. The fourth-order valence-electron chi connectivity index (χ4n) is 3.07. The van der Waals surface area contributed by atoms with Gasteiger partial charge in [0.1, 0.15) is 0 Å². The molecule has 0 atom stereocenters. The monoisotopic (exact) mass is 518 g/mol. The first kappa shape index (κ1) is 26.1. The van der Waals surface area contributed by atoms with Crippen molar-refractivity contribution in [2.24, 2.45) is 10.9 Å². The zero-order chi connectivity index (χ0) is 20.0. The minimum absolute atomic E-state index is 0. The molecule has 7 heteroatoms. The van der Waals surface area contributed by atoms with Gasteiger partial charge in [-0.3, -0.25) is 4.90 Å². The highest BCUT2D eigenvalue weighted by atomic mass is 127. The summed E-state index contributed by atoms with van der Waals surface area (Å²) in [6.07, 6.45) is 0.977. The Balaban J connectivity index is 0.00000420. The minimum Gasteiger partial charge on any atom is -0.381 e. The first-order valence-corrected chi connectivity index (χ1v) is 10.7. The van der Waals surface area contributed by atoms with Crippen LogP contribution in [0.4, 0.5) is 0 Å². The highest BCUT2D eigenvalue weighted by Crippen LogP contribution is 2.14. The lowest BCUT2D eigenvalue weighted by atomic mass is 10.1. The molecule has 29 heavy (non-hydrogen) atoms. The Hall–Kier alpha value is -0.900. The number of hydrogen-bond donors (Lipinski definition) is 2. The van der Waals surface area contributed by atoms with E-state index in [0.29, 0.717) is 12.5 Å². The molecule has 1 aromatic rings. The summed E-state index contributed by atoms with van der Waals surface area (Å²) in [6.45, 7) is 15.1. The quantitative estimate of drug-likeness (QED) is 0.204. The van der Waals surface area contributed by atoms with Crippen molar-refractivity contribution in [3.05, 3.63) is 35.4 Å². The molecule has 6 nitrogen and oxygen atoms in total. The largest absolute Gasteiger partial charge is 0.381 e. The van der Waals surface area contributed by atoms with Crippen LogP contribution in [0.15, 0.2) is 29.3 Å². The summed E-state index contributed by atoms with van der Waals surface area (Å²) < 4.78 is 11.1. The second-order valence-electron chi connectivity index (χ2n) is 7.60. The van der Waals surface area contributed by atoms with Crippen LogP contribution in [0.1, 0.15) is 38.3 Å². The van der Waals surface area contributed by atoms with Crippen molar-refractivity contribution in [3.8, 4) is 0 Å². The van der Waals surface area contributed by atoms with Gasteiger partial charge in [0.05, 0.1) is 19.8 Å². The lowest BCUT2D eigenvalue weighted by Crippen LogP contribution is -2.38. The van der Waals surface area contributed by atoms with Gasteiger partial charge in [-0.25, -0.2) is 4.99 Å². The second kappa shape index (κ2) is 15.9. The van der Waals surface area contributed by atoms with Crippen LogP contribution in [-0.2, 0) is 22.6 Å². The molecule has 1 aliphatic heterocycles. The number of aliphatic imine (C=N–C) groups is 1. The molecule has 0 spiro atoms. The van der Waals surface area contributed by atoms with E-state index >= 15 is 0 Å². The maximum atomic E-state index is 5.64. The van der Waals surface area contributed by atoms with Crippen LogP contribution in [0.25, 0.3) is 0 Å². The van der Waals surface area contributed by atoms with Gasteiger partial charge in [-0.2, -0.15) is 0 Å². The topological polar surface area (TPSA) is 58.1 Å². The molecule has 2 N–H and O–H groups in total. The van der Waals surface area contributed by atoms with Gasteiger partial charge in [-0.15, -0.1) is 24.0 Å². The molecule has 1 fully saturated rings. The average Bonchev–Trinajstić information content (AvgIpc) is 2.70. The Morgan fingerprint density at radius 1 is 1.17 bits per heavy atom. The third-order valence-electron chi connectivity index (χ3n) is 4.58. The number of hydrogen-bond acceptors (Lipinski definition) is 4. The van der Waals surface area contributed by atoms with Gasteiger partial charge < -0.3 is 20.1 Å². The summed E-state index contributed by atoms with van der Waals surface area (Å²) in [5.41, 5.74) is 2.64. The van der Waals surface area contributed by atoms with E-state index in [1.165, 1.54) is 11.1 Å². The number of nitrogens with zero attached hydrogens (tertiary/aromatic N) is 2. The summed E-state index contributed by atoms with van der Waals surface area (Å²) >= 11 is 0. The van der Waals surface area contributed by atoms with Gasteiger partial charge in [-0.1, -0.05) is 38.1 Å². The number of halogens is 1. The molecule has 166 valence electrons. The molecule has 1 saturated heterocycles. The Morgan fingerprint density at radius 2 is 1.90 bits per heavy atom. The summed E-state index contributed by atoms with van der Waals surface area (Å²) in [5, 5.41) is 6.75. The van der Waals surface area contributed by atoms with Crippen LogP contribution in [-0.4, -0.2) is 63.5 Å². The molecule has 0 radical (unpaired) electrons. The minimum atomic E-state index is 0. The molecule has 1 heterocycles. The van der Waals surface area contributed by atoms with Gasteiger partial charge in [0, 0.05) is 45.9 Å². The van der Waals surface area contributed by atoms with Crippen molar-refractivity contribution in [2.75, 3.05) is 52.6 Å². The van der Waals surface area contributed by atoms with Crippen molar-refractivity contribution in [1.29, 1.82) is 0 Å². The summed E-state index contributed by atoms with van der Waals surface area (Å²) in [4.78, 5) is 7.24. The Kier molecular flexibility index (Phi) is 14.3. The number of ether oxygens (including phenoxy) is 2. The fourth-order valence-corrected chi connectivity index (χ4v) is 3.07. The van der Waals surface area contributed by atoms with Crippen LogP contribution in [0.2, 0.25) is 0 Å². The van der Waals surface area contributed by atoms with Gasteiger partial charge in [-0.05, 0) is 30.4 Å².